The summed E-state index contributed by atoms with van der Waals surface area (Å²) in [5.41, 5.74) is 1.26. The number of hydrogen-bond acceptors (Lipinski definition) is 2. The summed E-state index contributed by atoms with van der Waals surface area (Å²) in [6.45, 7) is 8.11. The van der Waals surface area contributed by atoms with E-state index in [1.54, 1.807) is 10.6 Å². The van der Waals surface area contributed by atoms with E-state index in [0.29, 0.717) is 5.56 Å². The minimum absolute atomic E-state index is 0.100. The number of rotatable bonds is 5. The van der Waals surface area contributed by atoms with Crippen LogP contribution in [-0.4, -0.2) is 15.6 Å². The lowest BCUT2D eigenvalue weighted by Crippen LogP contribution is -2.28. The van der Waals surface area contributed by atoms with E-state index in [4.69, 9.17) is 5.11 Å². The fourth-order valence-electron chi connectivity index (χ4n) is 1.98. The number of carboxylic acids is 1. The SMILES string of the molecule is CCC(C)n1c(C(C)C)ccc(/C=C/C(=O)O)c1=O. The average molecular weight is 263 g/mol. The van der Waals surface area contributed by atoms with Crippen molar-refractivity contribution in [3.8, 4) is 0 Å². The highest BCUT2D eigenvalue weighted by molar-refractivity contribution is 5.85. The number of carboxylic acid groups (broad SMARTS) is 1. The van der Waals surface area contributed by atoms with Crippen molar-refractivity contribution in [1.29, 1.82) is 0 Å². The van der Waals surface area contributed by atoms with E-state index in [0.717, 1.165) is 18.2 Å². The maximum absolute atomic E-state index is 12.4. The summed E-state index contributed by atoms with van der Waals surface area (Å²) in [4.78, 5) is 23.0. The second-order valence-corrected chi connectivity index (χ2v) is 4.97. The number of pyridine rings is 1. The van der Waals surface area contributed by atoms with Gasteiger partial charge < -0.3 is 9.67 Å². The molecule has 1 N–H and O–H groups in total. The summed E-state index contributed by atoms with van der Waals surface area (Å²) in [5, 5.41) is 8.64. The molecule has 1 heterocycles. The van der Waals surface area contributed by atoms with Gasteiger partial charge in [-0.25, -0.2) is 4.79 Å². The number of aliphatic carboxylic acids is 1. The molecule has 1 unspecified atom stereocenters. The van der Waals surface area contributed by atoms with Crippen molar-refractivity contribution >= 4 is 12.0 Å². The Morgan fingerprint density at radius 2 is 2.00 bits per heavy atom. The fourth-order valence-corrected chi connectivity index (χ4v) is 1.98. The van der Waals surface area contributed by atoms with Crippen LogP contribution in [0.1, 0.15) is 57.3 Å². The summed E-state index contributed by atoms with van der Waals surface area (Å²) >= 11 is 0. The number of carbonyl (C=O) groups is 1. The Kier molecular flexibility index (Phi) is 5.10. The van der Waals surface area contributed by atoms with Gasteiger partial charge in [0, 0.05) is 23.4 Å². The van der Waals surface area contributed by atoms with Crippen molar-refractivity contribution in [2.75, 3.05) is 0 Å². The summed E-state index contributed by atoms with van der Waals surface area (Å²) in [6, 6.07) is 3.69. The third kappa shape index (κ3) is 3.56. The number of nitrogens with zero attached hydrogens (tertiary/aromatic N) is 1. The molecule has 0 amide bonds. The van der Waals surface area contributed by atoms with Crippen molar-refractivity contribution in [1.82, 2.24) is 4.57 Å². The van der Waals surface area contributed by atoms with Gasteiger partial charge in [0.15, 0.2) is 0 Å². The minimum atomic E-state index is -1.05. The van der Waals surface area contributed by atoms with Crippen LogP contribution < -0.4 is 5.56 Å². The van der Waals surface area contributed by atoms with E-state index in [1.807, 2.05) is 33.8 Å². The molecule has 1 rings (SSSR count). The molecule has 1 aromatic heterocycles. The maximum Gasteiger partial charge on any atom is 0.328 e. The monoisotopic (exact) mass is 263 g/mol. The number of hydrogen-bond donors (Lipinski definition) is 1. The van der Waals surface area contributed by atoms with Gasteiger partial charge in [-0.15, -0.1) is 0 Å². The molecule has 0 saturated carbocycles. The zero-order chi connectivity index (χ0) is 14.6. The average Bonchev–Trinajstić information content (AvgIpc) is 2.35. The predicted molar refractivity (Wildman–Crippen MR) is 76.5 cm³/mol. The molecule has 0 fully saturated rings. The van der Waals surface area contributed by atoms with Gasteiger partial charge in [-0.1, -0.05) is 20.8 Å². The zero-order valence-corrected chi connectivity index (χ0v) is 11.9. The molecule has 19 heavy (non-hydrogen) atoms. The van der Waals surface area contributed by atoms with Crippen molar-refractivity contribution < 1.29 is 9.90 Å². The van der Waals surface area contributed by atoms with E-state index < -0.39 is 5.97 Å². The van der Waals surface area contributed by atoms with Gasteiger partial charge in [-0.2, -0.15) is 0 Å². The molecule has 1 aromatic rings. The van der Waals surface area contributed by atoms with E-state index in [1.165, 1.54) is 6.08 Å². The quantitative estimate of drug-likeness (QED) is 0.831. The van der Waals surface area contributed by atoms with E-state index in [9.17, 15) is 9.59 Å². The predicted octanol–water partition coefficient (Wildman–Crippen LogP) is 3.04. The van der Waals surface area contributed by atoms with Crippen LogP contribution in [0.2, 0.25) is 0 Å². The van der Waals surface area contributed by atoms with Crippen LogP contribution >= 0.6 is 0 Å². The molecule has 0 aliphatic heterocycles. The lowest BCUT2D eigenvalue weighted by Gasteiger charge is -2.21. The van der Waals surface area contributed by atoms with E-state index >= 15 is 0 Å². The van der Waals surface area contributed by atoms with Crippen molar-refractivity contribution in [2.45, 2.75) is 46.1 Å². The molecule has 0 aromatic carbocycles. The van der Waals surface area contributed by atoms with Crippen LogP contribution in [0.25, 0.3) is 6.08 Å². The topological polar surface area (TPSA) is 59.3 Å². The van der Waals surface area contributed by atoms with Crippen LogP contribution in [0.15, 0.2) is 23.0 Å². The van der Waals surface area contributed by atoms with E-state index in [-0.39, 0.29) is 17.5 Å². The zero-order valence-electron chi connectivity index (χ0n) is 11.9. The van der Waals surface area contributed by atoms with Crippen molar-refractivity contribution in [3.63, 3.8) is 0 Å². The summed E-state index contributed by atoms with van der Waals surface area (Å²) in [6.07, 6.45) is 3.20. The summed E-state index contributed by atoms with van der Waals surface area (Å²) in [7, 11) is 0. The van der Waals surface area contributed by atoms with Gasteiger partial charge >= 0.3 is 5.97 Å². The lowest BCUT2D eigenvalue weighted by molar-refractivity contribution is -0.131. The van der Waals surface area contributed by atoms with Crippen molar-refractivity contribution in [3.05, 3.63) is 39.8 Å². The molecular formula is C15H21NO3. The minimum Gasteiger partial charge on any atom is -0.478 e. The van der Waals surface area contributed by atoms with Crippen molar-refractivity contribution in [2.24, 2.45) is 0 Å². The van der Waals surface area contributed by atoms with Gasteiger partial charge in [-0.3, -0.25) is 4.79 Å². The van der Waals surface area contributed by atoms with Crippen LogP contribution in [0.5, 0.6) is 0 Å². The highest BCUT2D eigenvalue weighted by atomic mass is 16.4. The smallest absolute Gasteiger partial charge is 0.328 e. The van der Waals surface area contributed by atoms with Crippen LogP contribution in [0, 0.1) is 0 Å². The standard InChI is InChI=1S/C15H21NO3/c1-5-11(4)16-13(10(2)3)8-6-12(15(16)19)7-9-14(17)18/h6-11H,5H2,1-4H3,(H,17,18)/b9-7+. The van der Waals surface area contributed by atoms with E-state index in [2.05, 4.69) is 0 Å². The third-order valence-electron chi connectivity index (χ3n) is 3.21. The normalized spacial score (nSPS) is 13.1. The molecule has 0 aliphatic rings. The lowest BCUT2D eigenvalue weighted by atomic mass is 10.1. The molecule has 0 saturated heterocycles. The summed E-state index contributed by atoms with van der Waals surface area (Å²) < 4.78 is 1.77. The molecule has 104 valence electrons. The molecule has 4 nitrogen and oxygen atoms in total. The van der Waals surface area contributed by atoms with Gasteiger partial charge in [-0.05, 0) is 37.5 Å². The highest BCUT2D eigenvalue weighted by Gasteiger charge is 2.14. The molecule has 1 atom stereocenters. The van der Waals surface area contributed by atoms with Gasteiger partial charge in [0.05, 0.1) is 0 Å². The summed E-state index contributed by atoms with van der Waals surface area (Å²) in [5.74, 6) is -0.804. The largest absolute Gasteiger partial charge is 0.478 e. The molecule has 0 radical (unpaired) electrons. The Labute approximate surface area is 113 Å². The second-order valence-electron chi connectivity index (χ2n) is 4.97. The Balaban J connectivity index is 3.42. The Bertz CT molecular complexity index is 541. The third-order valence-corrected chi connectivity index (χ3v) is 3.21. The van der Waals surface area contributed by atoms with Crippen LogP contribution in [-0.2, 0) is 4.79 Å². The van der Waals surface area contributed by atoms with Crippen LogP contribution in [0.3, 0.4) is 0 Å². The molecule has 4 heteroatoms. The first-order chi connectivity index (χ1) is 8.88. The Hall–Kier alpha value is -1.84. The number of aromatic nitrogens is 1. The first-order valence-electron chi connectivity index (χ1n) is 6.54. The molecule has 0 bridgehead atoms. The van der Waals surface area contributed by atoms with Crippen LogP contribution in [0.4, 0.5) is 0 Å². The highest BCUT2D eigenvalue weighted by Crippen LogP contribution is 2.19. The molecule has 0 spiro atoms. The fraction of sp³-hybridized carbons (Fsp3) is 0.467. The molecule has 0 aliphatic carbocycles. The van der Waals surface area contributed by atoms with Gasteiger partial charge in [0.2, 0.25) is 0 Å². The van der Waals surface area contributed by atoms with Gasteiger partial charge in [0.25, 0.3) is 5.56 Å². The molecular weight excluding hydrogens is 242 g/mol. The Morgan fingerprint density at radius 3 is 2.47 bits per heavy atom. The first kappa shape index (κ1) is 15.2. The first-order valence-corrected chi connectivity index (χ1v) is 6.54. The Morgan fingerprint density at radius 1 is 1.37 bits per heavy atom. The van der Waals surface area contributed by atoms with Gasteiger partial charge in [0.1, 0.15) is 0 Å². The second kappa shape index (κ2) is 6.36. The maximum atomic E-state index is 12.4.